The molecule has 3 aromatic rings. The maximum atomic E-state index is 5.94. The summed E-state index contributed by atoms with van der Waals surface area (Å²) in [7, 11) is 0. The van der Waals surface area contributed by atoms with Gasteiger partial charge in [0, 0.05) is 37.6 Å². The quantitative estimate of drug-likeness (QED) is 0.718. The summed E-state index contributed by atoms with van der Waals surface area (Å²) in [5, 5.41) is 5.16. The summed E-state index contributed by atoms with van der Waals surface area (Å²) in [5.41, 5.74) is 2.48. The fourth-order valence-electron chi connectivity index (χ4n) is 2.88. The standard InChI is InChI=1S/C18H19N3O3/c1-2-15-17(14-4-6-19-7-5-14)20-24-18(15)16(3-1)23-13-10-21-8-11-22-12-9-21/h1-7H,8-13H2. The van der Waals surface area contributed by atoms with Gasteiger partial charge in [0.25, 0.3) is 0 Å². The fraction of sp³-hybridized carbons (Fsp3) is 0.333. The van der Waals surface area contributed by atoms with Gasteiger partial charge in [-0.1, -0.05) is 11.2 Å². The molecule has 0 atom stereocenters. The predicted molar refractivity (Wildman–Crippen MR) is 90.0 cm³/mol. The predicted octanol–water partition coefficient (Wildman–Crippen LogP) is 2.60. The van der Waals surface area contributed by atoms with E-state index in [2.05, 4.69) is 15.0 Å². The zero-order valence-corrected chi connectivity index (χ0v) is 13.4. The summed E-state index contributed by atoms with van der Waals surface area (Å²) in [6, 6.07) is 9.72. The number of hydrogen-bond donors (Lipinski definition) is 0. The third kappa shape index (κ3) is 3.11. The monoisotopic (exact) mass is 325 g/mol. The second kappa shape index (κ2) is 6.98. The van der Waals surface area contributed by atoms with Gasteiger partial charge in [0.05, 0.1) is 18.6 Å². The Labute approximate surface area is 140 Å². The van der Waals surface area contributed by atoms with Crippen molar-refractivity contribution in [1.82, 2.24) is 15.0 Å². The topological polar surface area (TPSA) is 60.6 Å². The van der Waals surface area contributed by atoms with E-state index in [1.165, 1.54) is 0 Å². The highest BCUT2D eigenvalue weighted by atomic mass is 16.5. The molecule has 0 amide bonds. The number of ether oxygens (including phenoxy) is 2. The molecule has 1 aromatic carbocycles. The lowest BCUT2D eigenvalue weighted by Gasteiger charge is -2.26. The van der Waals surface area contributed by atoms with Gasteiger partial charge in [-0.2, -0.15) is 0 Å². The molecule has 0 radical (unpaired) electrons. The van der Waals surface area contributed by atoms with E-state index in [9.17, 15) is 0 Å². The molecule has 0 unspecified atom stereocenters. The Kier molecular flexibility index (Phi) is 4.40. The molecule has 1 fully saturated rings. The van der Waals surface area contributed by atoms with E-state index in [0.717, 1.165) is 55.2 Å². The number of morpholine rings is 1. The fourth-order valence-corrected chi connectivity index (χ4v) is 2.88. The zero-order chi connectivity index (χ0) is 16.2. The highest BCUT2D eigenvalue weighted by molar-refractivity contribution is 5.94. The minimum absolute atomic E-state index is 0.615. The molecule has 1 saturated heterocycles. The van der Waals surface area contributed by atoms with Gasteiger partial charge in [-0.3, -0.25) is 9.88 Å². The summed E-state index contributed by atoms with van der Waals surface area (Å²) in [6.45, 7) is 5.01. The number of fused-ring (bicyclic) bond motifs is 1. The van der Waals surface area contributed by atoms with E-state index in [1.807, 2.05) is 30.3 Å². The Morgan fingerprint density at radius 1 is 1.08 bits per heavy atom. The minimum atomic E-state index is 0.615. The van der Waals surface area contributed by atoms with Crippen LogP contribution in [0.3, 0.4) is 0 Å². The number of benzene rings is 1. The molecule has 124 valence electrons. The normalized spacial score (nSPS) is 15.7. The van der Waals surface area contributed by atoms with Crippen molar-refractivity contribution in [1.29, 1.82) is 0 Å². The van der Waals surface area contributed by atoms with Crippen LogP contribution in [0.15, 0.2) is 47.2 Å². The lowest BCUT2D eigenvalue weighted by atomic mass is 10.1. The second-order valence-electron chi connectivity index (χ2n) is 5.70. The van der Waals surface area contributed by atoms with E-state index in [0.29, 0.717) is 12.2 Å². The number of hydrogen-bond acceptors (Lipinski definition) is 6. The van der Waals surface area contributed by atoms with Crippen LogP contribution in [0.4, 0.5) is 0 Å². The molecule has 1 aliphatic heterocycles. The summed E-state index contributed by atoms with van der Waals surface area (Å²) in [6.07, 6.45) is 3.50. The first-order chi connectivity index (χ1) is 11.9. The summed E-state index contributed by atoms with van der Waals surface area (Å²) in [5.74, 6) is 0.730. The van der Waals surface area contributed by atoms with Crippen LogP contribution in [0.5, 0.6) is 5.75 Å². The molecule has 3 heterocycles. The third-order valence-corrected chi connectivity index (χ3v) is 4.18. The van der Waals surface area contributed by atoms with E-state index in [1.54, 1.807) is 12.4 Å². The van der Waals surface area contributed by atoms with Gasteiger partial charge >= 0.3 is 0 Å². The molecule has 1 aliphatic rings. The van der Waals surface area contributed by atoms with Gasteiger partial charge in [-0.05, 0) is 24.3 Å². The second-order valence-corrected chi connectivity index (χ2v) is 5.70. The Bertz CT molecular complexity index is 798. The van der Waals surface area contributed by atoms with Crippen LogP contribution in [-0.4, -0.2) is 54.5 Å². The molecule has 6 heteroatoms. The molecular weight excluding hydrogens is 306 g/mol. The van der Waals surface area contributed by atoms with Crippen LogP contribution in [0.1, 0.15) is 0 Å². The van der Waals surface area contributed by atoms with Gasteiger partial charge in [-0.15, -0.1) is 0 Å². The average Bonchev–Trinajstić information content (AvgIpc) is 3.08. The first kappa shape index (κ1) is 15.1. The number of rotatable bonds is 5. The maximum Gasteiger partial charge on any atom is 0.209 e. The molecule has 6 nitrogen and oxygen atoms in total. The van der Waals surface area contributed by atoms with Crippen molar-refractivity contribution in [3.05, 3.63) is 42.7 Å². The average molecular weight is 325 g/mol. The number of aromatic nitrogens is 2. The third-order valence-electron chi connectivity index (χ3n) is 4.18. The van der Waals surface area contributed by atoms with Crippen LogP contribution >= 0.6 is 0 Å². The zero-order valence-electron chi connectivity index (χ0n) is 13.4. The van der Waals surface area contributed by atoms with Gasteiger partial charge < -0.3 is 14.0 Å². The number of pyridine rings is 1. The van der Waals surface area contributed by atoms with Crippen molar-refractivity contribution in [2.75, 3.05) is 39.5 Å². The minimum Gasteiger partial charge on any atom is -0.488 e. The van der Waals surface area contributed by atoms with Crippen molar-refractivity contribution < 1.29 is 14.0 Å². The van der Waals surface area contributed by atoms with E-state index in [4.69, 9.17) is 14.0 Å². The van der Waals surface area contributed by atoms with Crippen LogP contribution in [0.25, 0.3) is 22.2 Å². The number of nitrogens with zero attached hydrogens (tertiary/aromatic N) is 3. The highest BCUT2D eigenvalue weighted by Crippen LogP contribution is 2.33. The SMILES string of the molecule is c1cc(OCCN2CCOCC2)c2onc(-c3ccncc3)c2c1. The lowest BCUT2D eigenvalue weighted by molar-refractivity contribution is 0.0322. The van der Waals surface area contributed by atoms with Crippen LogP contribution in [0.2, 0.25) is 0 Å². The van der Waals surface area contributed by atoms with Crippen LogP contribution in [0, 0.1) is 0 Å². The van der Waals surface area contributed by atoms with Gasteiger partial charge in [0.2, 0.25) is 5.58 Å². The summed E-state index contributed by atoms with van der Waals surface area (Å²) in [4.78, 5) is 6.38. The summed E-state index contributed by atoms with van der Waals surface area (Å²) >= 11 is 0. The van der Waals surface area contributed by atoms with E-state index >= 15 is 0 Å². The first-order valence-corrected chi connectivity index (χ1v) is 8.13. The maximum absolute atomic E-state index is 5.94. The largest absolute Gasteiger partial charge is 0.488 e. The Morgan fingerprint density at radius 2 is 1.92 bits per heavy atom. The molecule has 2 aromatic heterocycles. The molecule has 4 rings (SSSR count). The van der Waals surface area contributed by atoms with Crippen molar-refractivity contribution in [2.24, 2.45) is 0 Å². The smallest absolute Gasteiger partial charge is 0.209 e. The Balaban J connectivity index is 1.51. The highest BCUT2D eigenvalue weighted by Gasteiger charge is 2.15. The Hall–Kier alpha value is -2.44. The lowest BCUT2D eigenvalue weighted by Crippen LogP contribution is -2.38. The number of para-hydroxylation sites is 1. The van der Waals surface area contributed by atoms with E-state index in [-0.39, 0.29) is 0 Å². The molecule has 0 aliphatic carbocycles. The van der Waals surface area contributed by atoms with Crippen molar-refractivity contribution >= 4 is 11.0 Å². The van der Waals surface area contributed by atoms with Gasteiger partial charge in [-0.25, -0.2) is 0 Å². The molecule has 24 heavy (non-hydrogen) atoms. The van der Waals surface area contributed by atoms with Crippen molar-refractivity contribution in [3.63, 3.8) is 0 Å². The van der Waals surface area contributed by atoms with Crippen LogP contribution < -0.4 is 4.74 Å². The molecule has 0 bridgehead atoms. The molecule has 0 N–H and O–H groups in total. The van der Waals surface area contributed by atoms with Crippen LogP contribution in [-0.2, 0) is 4.74 Å². The molecular formula is C18H19N3O3. The van der Waals surface area contributed by atoms with Crippen molar-refractivity contribution in [3.8, 4) is 17.0 Å². The Morgan fingerprint density at radius 3 is 2.75 bits per heavy atom. The van der Waals surface area contributed by atoms with Gasteiger partial charge in [0.1, 0.15) is 12.3 Å². The molecule has 0 saturated carbocycles. The van der Waals surface area contributed by atoms with Crippen molar-refractivity contribution in [2.45, 2.75) is 0 Å². The van der Waals surface area contributed by atoms with Gasteiger partial charge in [0.15, 0.2) is 5.75 Å². The first-order valence-electron chi connectivity index (χ1n) is 8.13. The summed E-state index contributed by atoms with van der Waals surface area (Å²) < 4.78 is 16.8. The molecule has 0 spiro atoms. The van der Waals surface area contributed by atoms with E-state index < -0.39 is 0 Å².